The van der Waals surface area contributed by atoms with Crippen molar-refractivity contribution in [3.05, 3.63) is 0 Å². The molecule has 2 atom stereocenters. The lowest BCUT2D eigenvalue weighted by Gasteiger charge is -2.12. The summed E-state index contributed by atoms with van der Waals surface area (Å²) in [4.78, 5) is 0. The second-order valence-electron chi connectivity index (χ2n) is 2.25. The van der Waals surface area contributed by atoms with Crippen molar-refractivity contribution in [2.75, 3.05) is 5.08 Å². The highest BCUT2D eigenvalue weighted by Gasteiger charge is 2.21. The van der Waals surface area contributed by atoms with Crippen LogP contribution in [0.1, 0.15) is 20.3 Å². The first-order valence-electron chi connectivity index (χ1n) is 3.24. The fourth-order valence-corrected chi connectivity index (χ4v) is 6.38. The summed E-state index contributed by atoms with van der Waals surface area (Å²) in [5, 5.41) is 1.29. The molecule has 0 aromatic carbocycles. The molecular weight excluding hydrogens is 168 g/mol. The summed E-state index contributed by atoms with van der Waals surface area (Å²) in [5.74, 6) is 0.898. The third kappa shape index (κ3) is 2.28. The second-order valence-corrected chi connectivity index (χ2v) is 6.56. The van der Waals surface area contributed by atoms with Crippen molar-refractivity contribution < 1.29 is 0 Å². The zero-order chi connectivity index (χ0) is 6.69. The normalized spacial score (nSPS) is 30.7. The van der Waals surface area contributed by atoms with Gasteiger partial charge in [-0.05, 0) is 5.92 Å². The van der Waals surface area contributed by atoms with Crippen LogP contribution in [-0.4, -0.2) is 9.67 Å². The molecule has 0 bridgehead atoms. The van der Waals surface area contributed by atoms with Crippen LogP contribution >= 0.6 is 33.3 Å². The van der Waals surface area contributed by atoms with Gasteiger partial charge in [0.1, 0.15) is 0 Å². The van der Waals surface area contributed by atoms with E-state index in [2.05, 4.69) is 36.4 Å². The van der Waals surface area contributed by atoms with Crippen LogP contribution < -0.4 is 0 Å². The van der Waals surface area contributed by atoms with Crippen LogP contribution in [-0.2, 0) is 0 Å². The fraction of sp³-hybridized carbons (Fsp3) is 1.00. The Balaban J connectivity index is 2.24. The molecule has 1 aliphatic rings. The summed E-state index contributed by atoms with van der Waals surface area (Å²) in [7, 11) is 4.06. The highest BCUT2D eigenvalue weighted by Crippen LogP contribution is 2.48. The molecule has 0 amide bonds. The van der Waals surface area contributed by atoms with Crippen molar-refractivity contribution in [3.63, 3.8) is 0 Å². The average Bonchev–Trinajstić information content (AvgIpc) is 2.37. The van der Waals surface area contributed by atoms with Crippen LogP contribution in [0.5, 0.6) is 0 Å². The van der Waals surface area contributed by atoms with Crippen molar-refractivity contribution in [1.82, 2.24) is 0 Å². The third-order valence-electron chi connectivity index (χ3n) is 1.55. The predicted molar refractivity (Wildman–Crippen MR) is 50.9 cm³/mol. The first-order valence-corrected chi connectivity index (χ1v) is 6.67. The van der Waals surface area contributed by atoms with E-state index < -0.39 is 0 Å². The van der Waals surface area contributed by atoms with Crippen LogP contribution in [0.3, 0.4) is 0 Å². The van der Waals surface area contributed by atoms with Crippen LogP contribution in [0.4, 0.5) is 0 Å². The van der Waals surface area contributed by atoms with E-state index in [0.717, 1.165) is 10.5 Å². The highest BCUT2D eigenvalue weighted by atomic mass is 33.1. The molecule has 0 unspecified atom stereocenters. The lowest BCUT2D eigenvalue weighted by molar-refractivity contribution is 0.617. The van der Waals surface area contributed by atoms with Crippen molar-refractivity contribution in [2.24, 2.45) is 5.92 Å². The van der Waals surface area contributed by atoms with Gasteiger partial charge in [0.05, 0.1) is 9.67 Å². The molecule has 0 nitrogen and oxygen atoms in total. The van der Waals surface area contributed by atoms with Gasteiger partial charge in [0.25, 0.3) is 0 Å². The number of hydrogen-bond acceptors (Lipinski definition) is 3. The summed E-state index contributed by atoms with van der Waals surface area (Å²) in [5.41, 5.74) is 0. The molecule has 0 spiro atoms. The van der Waals surface area contributed by atoms with Gasteiger partial charge in [0.15, 0.2) is 0 Å². The van der Waals surface area contributed by atoms with Gasteiger partial charge in [0.2, 0.25) is 0 Å². The summed E-state index contributed by atoms with van der Waals surface area (Å²) < 4.78 is 0.875. The lowest BCUT2D eigenvalue weighted by atomic mass is 10.2. The number of thioether (sulfide) groups is 1. The van der Waals surface area contributed by atoms with E-state index in [0.29, 0.717) is 0 Å². The van der Waals surface area contributed by atoms with Gasteiger partial charge in [0, 0.05) is 0 Å². The molecule has 0 aromatic rings. The van der Waals surface area contributed by atoms with Crippen LogP contribution in [0, 0.1) is 5.92 Å². The van der Waals surface area contributed by atoms with Gasteiger partial charge in [-0.25, -0.2) is 0 Å². The maximum atomic E-state index is 2.34. The first-order chi connectivity index (χ1) is 4.34. The minimum Gasteiger partial charge on any atom is -0.135 e. The fourth-order valence-electron chi connectivity index (χ4n) is 0.669. The maximum absolute atomic E-state index is 2.34. The van der Waals surface area contributed by atoms with Gasteiger partial charge in [-0.1, -0.05) is 41.9 Å². The van der Waals surface area contributed by atoms with Crippen molar-refractivity contribution in [1.29, 1.82) is 0 Å². The minimum absolute atomic E-state index is 0.875. The Morgan fingerprint density at radius 2 is 2.44 bits per heavy atom. The molecule has 54 valence electrons. The van der Waals surface area contributed by atoms with Crippen molar-refractivity contribution >= 4 is 33.3 Å². The van der Waals surface area contributed by atoms with Gasteiger partial charge >= 0.3 is 0 Å². The van der Waals surface area contributed by atoms with E-state index in [1.54, 1.807) is 0 Å². The van der Waals surface area contributed by atoms with Gasteiger partial charge < -0.3 is 0 Å². The van der Waals surface area contributed by atoms with Crippen LogP contribution in [0.15, 0.2) is 0 Å². The smallest absolute Gasteiger partial charge is 0.0640 e. The molecule has 1 rings (SSSR count). The Morgan fingerprint density at radius 1 is 1.67 bits per heavy atom. The van der Waals surface area contributed by atoms with Crippen molar-refractivity contribution in [2.45, 2.75) is 24.9 Å². The SMILES string of the molecule is CC[C@@H](C)[C@H]1SCSS1. The largest absolute Gasteiger partial charge is 0.135 e. The Morgan fingerprint density at radius 3 is 2.89 bits per heavy atom. The zero-order valence-electron chi connectivity index (χ0n) is 5.79. The first kappa shape index (κ1) is 8.15. The van der Waals surface area contributed by atoms with E-state index in [-0.39, 0.29) is 0 Å². The molecule has 0 saturated carbocycles. The summed E-state index contributed by atoms with van der Waals surface area (Å²) in [6, 6.07) is 0. The molecule has 0 aromatic heterocycles. The lowest BCUT2D eigenvalue weighted by Crippen LogP contribution is -2.04. The van der Waals surface area contributed by atoms with E-state index in [9.17, 15) is 0 Å². The Hall–Kier alpha value is 1.05. The molecule has 0 N–H and O–H groups in total. The molecule has 1 fully saturated rings. The van der Waals surface area contributed by atoms with E-state index in [1.807, 2.05) is 10.8 Å². The Labute approximate surface area is 69.3 Å². The maximum Gasteiger partial charge on any atom is 0.0640 e. The monoisotopic (exact) mass is 180 g/mol. The third-order valence-corrected chi connectivity index (χ3v) is 7.02. The summed E-state index contributed by atoms with van der Waals surface area (Å²) in [6.45, 7) is 4.62. The van der Waals surface area contributed by atoms with Gasteiger partial charge in [-0.3, -0.25) is 0 Å². The Bertz CT molecular complexity index is 78.4. The van der Waals surface area contributed by atoms with Crippen LogP contribution in [0.25, 0.3) is 0 Å². The molecule has 1 saturated heterocycles. The number of hydrogen-bond donors (Lipinski definition) is 0. The van der Waals surface area contributed by atoms with Gasteiger partial charge in [-0.15, -0.1) is 11.8 Å². The Kier molecular flexibility index (Phi) is 3.66. The highest BCUT2D eigenvalue weighted by molar-refractivity contribution is 8.82. The molecule has 1 aliphatic heterocycles. The molecular formula is C6H12S3. The molecule has 9 heavy (non-hydrogen) atoms. The topological polar surface area (TPSA) is 0 Å². The number of rotatable bonds is 2. The molecule has 1 heterocycles. The van der Waals surface area contributed by atoms with E-state index >= 15 is 0 Å². The summed E-state index contributed by atoms with van der Waals surface area (Å²) >= 11 is 2.10. The van der Waals surface area contributed by atoms with E-state index in [1.165, 1.54) is 11.5 Å². The van der Waals surface area contributed by atoms with E-state index in [4.69, 9.17) is 0 Å². The van der Waals surface area contributed by atoms with Crippen molar-refractivity contribution in [3.8, 4) is 0 Å². The molecule has 0 radical (unpaired) electrons. The zero-order valence-corrected chi connectivity index (χ0v) is 8.24. The molecule has 0 aliphatic carbocycles. The standard InChI is InChI=1S/C6H12S3/c1-3-5(2)6-7-4-8-9-6/h5-6H,3-4H2,1-2H3/t5-,6+/m1/s1. The van der Waals surface area contributed by atoms with Gasteiger partial charge in [-0.2, -0.15) is 0 Å². The minimum atomic E-state index is 0.875. The summed E-state index contributed by atoms with van der Waals surface area (Å²) in [6.07, 6.45) is 1.32. The predicted octanol–water partition coefficient (Wildman–Crippen LogP) is 3.44. The van der Waals surface area contributed by atoms with Crippen LogP contribution in [0.2, 0.25) is 0 Å². The average molecular weight is 180 g/mol. The quantitative estimate of drug-likeness (QED) is 0.597. The molecule has 3 heteroatoms. The second kappa shape index (κ2) is 4.04.